The molecule has 8 heteroatoms. The normalized spacial score (nSPS) is 14.1. The van der Waals surface area contributed by atoms with Gasteiger partial charge in [0.2, 0.25) is 10.0 Å². The molecule has 25 heavy (non-hydrogen) atoms. The number of carbonyl (C=O) groups is 2. The first-order chi connectivity index (χ1) is 11.8. The van der Waals surface area contributed by atoms with Crippen LogP contribution in [0, 0.1) is 5.82 Å². The van der Waals surface area contributed by atoms with Crippen LogP contribution >= 0.6 is 0 Å². The van der Waals surface area contributed by atoms with E-state index in [0.29, 0.717) is 6.42 Å². The number of nitrogens with zero attached hydrogens (tertiary/aromatic N) is 1. The van der Waals surface area contributed by atoms with E-state index in [4.69, 9.17) is 0 Å². The van der Waals surface area contributed by atoms with Crippen LogP contribution in [0.2, 0.25) is 0 Å². The third-order valence-electron chi connectivity index (χ3n) is 3.99. The number of fused-ring (bicyclic) bond motifs is 1. The lowest BCUT2D eigenvalue weighted by molar-refractivity contribution is 0.0693. The van der Waals surface area contributed by atoms with Gasteiger partial charge >= 0.3 is 0 Å². The number of imide groups is 1. The van der Waals surface area contributed by atoms with Crippen LogP contribution in [-0.4, -0.2) is 38.7 Å². The molecule has 0 aliphatic carbocycles. The van der Waals surface area contributed by atoms with Gasteiger partial charge in [0.1, 0.15) is 5.82 Å². The summed E-state index contributed by atoms with van der Waals surface area (Å²) in [5, 5.41) is 0. The predicted molar refractivity (Wildman–Crippen MR) is 88.2 cm³/mol. The summed E-state index contributed by atoms with van der Waals surface area (Å²) in [6.45, 7) is 0.123. The fraction of sp³-hybridized carbons (Fsp3) is 0.176. The van der Waals surface area contributed by atoms with Gasteiger partial charge < -0.3 is 0 Å². The van der Waals surface area contributed by atoms with E-state index in [2.05, 4.69) is 4.72 Å². The molecule has 0 saturated carbocycles. The minimum atomic E-state index is -3.82. The van der Waals surface area contributed by atoms with E-state index in [1.807, 2.05) is 0 Å². The van der Waals surface area contributed by atoms with Gasteiger partial charge in [-0.2, -0.15) is 0 Å². The number of sulfonamides is 1. The molecular formula is C17H15FN2O4S. The highest BCUT2D eigenvalue weighted by Gasteiger charge is 2.33. The summed E-state index contributed by atoms with van der Waals surface area (Å²) in [6.07, 6.45) is 0.393. The van der Waals surface area contributed by atoms with Crippen molar-refractivity contribution in [1.29, 1.82) is 0 Å². The topological polar surface area (TPSA) is 83.6 Å². The number of benzene rings is 2. The molecule has 0 aromatic heterocycles. The van der Waals surface area contributed by atoms with Crippen molar-refractivity contribution < 1.29 is 22.4 Å². The lowest BCUT2D eigenvalue weighted by atomic mass is 10.1. The maximum Gasteiger partial charge on any atom is 0.261 e. The molecule has 0 bridgehead atoms. The number of hydrogen-bond acceptors (Lipinski definition) is 4. The van der Waals surface area contributed by atoms with Crippen molar-refractivity contribution in [2.24, 2.45) is 0 Å². The maximum atomic E-state index is 12.8. The second kappa shape index (κ2) is 6.38. The molecule has 1 N–H and O–H groups in total. The maximum absolute atomic E-state index is 12.8. The Bertz CT molecular complexity index is 955. The van der Waals surface area contributed by atoms with Crippen molar-refractivity contribution in [1.82, 2.24) is 9.62 Å². The monoisotopic (exact) mass is 362 g/mol. The molecule has 2 aromatic rings. The third kappa shape index (κ3) is 3.31. The average molecular weight is 362 g/mol. The number of carbonyl (C=O) groups excluding carboxylic acids is 2. The zero-order chi connectivity index (χ0) is 18.2. The summed E-state index contributed by atoms with van der Waals surface area (Å²) in [5.74, 6) is -1.33. The predicted octanol–water partition coefficient (Wildman–Crippen LogP) is 1.57. The van der Waals surface area contributed by atoms with Crippen molar-refractivity contribution in [3.63, 3.8) is 0 Å². The molecule has 130 valence electrons. The van der Waals surface area contributed by atoms with E-state index in [-0.39, 0.29) is 28.4 Å². The minimum Gasteiger partial charge on any atom is -0.277 e. The highest BCUT2D eigenvalue weighted by Crippen LogP contribution is 2.24. The molecule has 3 rings (SSSR count). The summed E-state index contributed by atoms with van der Waals surface area (Å²) < 4.78 is 40.0. The van der Waals surface area contributed by atoms with Gasteiger partial charge in [0.15, 0.2) is 0 Å². The van der Waals surface area contributed by atoms with Crippen molar-refractivity contribution >= 4 is 21.8 Å². The Hall–Kier alpha value is -2.58. The van der Waals surface area contributed by atoms with Gasteiger partial charge in [0.25, 0.3) is 11.8 Å². The van der Waals surface area contributed by atoms with Gasteiger partial charge in [0, 0.05) is 13.6 Å². The van der Waals surface area contributed by atoms with E-state index in [1.165, 1.54) is 37.4 Å². The van der Waals surface area contributed by atoms with Gasteiger partial charge in [-0.3, -0.25) is 14.5 Å². The van der Waals surface area contributed by atoms with Crippen LogP contribution in [0.3, 0.4) is 0 Å². The molecule has 1 heterocycles. The Morgan fingerprint density at radius 1 is 1.00 bits per heavy atom. The molecule has 0 saturated heterocycles. The Morgan fingerprint density at radius 2 is 1.64 bits per heavy atom. The Balaban J connectivity index is 1.74. The third-order valence-corrected chi connectivity index (χ3v) is 5.45. The lowest BCUT2D eigenvalue weighted by Gasteiger charge is -2.08. The Labute approximate surface area is 144 Å². The summed E-state index contributed by atoms with van der Waals surface area (Å²) in [4.78, 5) is 24.7. The molecule has 1 aliphatic rings. The molecule has 0 unspecified atom stereocenters. The van der Waals surface area contributed by atoms with E-state index < -0.39 is 21.8 Å². The van der Waals surface area contributed by atoms with E-state index in [9.17, 15) is 22.4 Å². The number of rotatable bonds is 5. The largest absolute Gasteiger partial charge is 0.277 e. The fourth-order valence-corrected chi connectivity index (χ4v) is 3.63. The first-order valence-electron chi connectivity index (χ1n) is 7.50. The van der Waals surface area contributed by atoms with Gasteiger partial charge in [-0.25, -0.2) is 17.5 Å². The fourth-order valence-electron chi connectivity index (χ4n) is 2.57. The summed E-state index contributed by atoms with van der Waals surface area (Å²) in [5.41, 5.74) is 1.06. The van der Waals surface area contributed by atoms with Gasteiger partial charge in [-0.05, 0) is 42.3 Å². The molecule has 0 atom stereocenters. The molecular weight excluding hydrogens is 347 g/mol. The minimum absolute atomic E-state index is 0.0777. The smallest absolute Gasteiger partial charge is 0.261 e. The summed E-state index contributed by atoms with van der Waals surface area (Å²) >= 11 is 0. The van der Waals surface area contributed by atoms with Crippen molar-refractivity contribution in [3.05, 3.63) is 65.0 Å². The summed E-state index contributed by atoms with van der Waals surface area (Å²) in [6, 6.07) is 9.63. The quantitative estimate of drug-likeness (QED) is 0.819. The number of nitrogens with one attached hydrogen (secondary N) is 1. The molecule has 1 aliphatic heterocycles. The molecule has 0 radical (unpaired) electrons. The van der Waals surface area contributed by atoms with Crippen LogP contribution in [0.5, 0.6) is 0 Å². The number of amides is 2. The van der Waals surface area contributed by atoms with Crippen LogP contribution < -0.4 is 4.72 Å². The standard InChI is InChI=1S/C17H15FN2O4S/c1-20-16(21)14-7-6-13(10-15(14)17(20)22)25(23,24)19-9-8-11-2-4-12(18)5-3-11/h2-7,10,19H,8-9H2,1H3. The van der Waals surface area contributed by atoms with Crippen molar-refractivity contribution in [2.75, 3.05) is 13.6 Å². The molecule has 6 nitrogen and oxygen atoms in total. The summed E-state index contributed by atoms with van der Waals surface area (Å²) in [7, 11) is -2.48. The first kappa shape index (κ1) is 17.2. The van der Waals surface area contributed by atoms with Crippen molar-refractivity contribution in [2.45, 2.75) is 11.3 Å². The highest BCUT2D eigenvalue weighted by molar-refractivity contribution is 7.89. The van der Waals surface area contributed by atoms with Crippen LogP contribution in [0.4, 0.5) is 4.39 Å². The second-order valence-electron chi connectivity index (χ2n) is 5.65. The lowest BCUT2D eigenvalue weighted by Crippen LogP contribution is -2.26. The highest BCUT2D eigenvalue weighted by atomic mass is 32.2. The van der Waals surface area contributed by atoms with Gasteiger partial charge in [0.05, 0.1) is 16.0 Å². The van der Waals surface area contributed by atoms with E-state index in [0.717, 1.165) is 10.5 Å². The Kier molecular flexibility index (Phi) is 4.40. The number of hydrogen-bond donors (Lipinski definition) is 1. The van der Waals surface area contributed by atoms with Crippen LogP contribution in [0.15, 0.2) is 47.4 Å². The van der Waals surface area contributed by atoms with Gasteiger partial charge in [-0.15, -0.1) is 0 Å². The SMILES string of the molecule is CN1C(=O)c2ccc(S(=O)(=O)NCCc3ccc(F)cc3)cc2C1=O. The number of halogens is 1. The molecule has 2 aromatic carbocycles. The van der Waals surface area contributed by atoms with Gasteiger partial charge in [-0.1, -0.05) is 12.1 Å². The van der Waals surface area contributed by atoms with E-state index >= 15 is 0 Å². The average Bonchev–Trinajstić information content (AvgIpc) is 2.81. The van der Waals surface area contributed by atoms with Crippen LogP contribution in [0.1, 0.15) is 26.3 Å². The van der Waals surface area contributed by atoms with Crippen LogP contribution in [-0.2, 0) is 16.4 Å². The zero-order valence-electron chi connectivity index (χ0n) is 13.3. The molecule has 0 fully saturated rings. The first-order valence-corrected chi connectivity index (χ1v) is 8.98. The van der Waals surface area contributed by atoms with Crippen LogP contribution in [0.25, 0.3) is 0 Å². The Morgan fingerprint density at radius 3 is 2.32 bits per heavy atom. The van der Waals surface area contributed by atoms with Crippen molar-refractivity contribution in [3.8, 4) is 0 Å². The molecule has 0 spiro atoms. The van der Waals surface area contributed by atoms with E-state index in [1.54, 1.807) is 12.1 Å². The zero-order valence-corrected chi connectivity index (χ0v) is 14.1. The molecule has 2 amide bonds. The second-order valence-corrected chi connectivity index (χ2v) is 7.42.